The van der Waals surface area contributed by atoms with Gasteiger partial charge in [-0.2, -0.15) is 0 Å². The van der Waals surface area contributed by atoms with Crippen LogP contribution in [0.3, 0.4) is 0 Å². The molecule has 1 N–H and O–H groups in total. The second kappa shape index (κ2) is 7.79. The van der Waals surface area contributed by atoms with E-state index in [9.17, 15) is 0 Å². The van der Waals surface area contributed by atoms with Crippen molar-refractivity contribution < 1.29 is 0 Å². The number of rotatable bonds is 8. The number of likely N-dealkylation sites (N-methyl/N-ethyl adjacent to an activating group) is 1. The molecule has 0 aliphatic carbocycles. The lowest BCUT2D eigenvalue weighted by atomic mass is 10.3. The molecule has 0 atom stereocenters. The van der Waals surface area contributed by atoms with Crippen molar-refractivity contribution in [2.45, 2.75) is 26.3 Å². The Labute approximate surface area is 96.5 Å². The van der Waals surface area contributed by atoms with Crippen LogP contribution in [0, 0.1) is 0 Å². The van der Waals surface area contributed by atoms with Gasteiger partial charge in [-0.05, 0) is 20.0 Å². The maximum absolute atomic E-state index is 4.27. The predicted molar refractivity (Wildman–Crippen MR) is 66.2 cm³/mol. The quantitative estimate of drug-likeness (QED) is 0.688. The van der Waals surface area contributed by atoms with Crippen molar-refractivity contribution in [3.05, 3.63) is 16.6 Å². The molecule has 0 saturated heterocycles. The molecule has 4 heteroatoms. The Balaban J connectivity index is 2.01. The Morgan fingerprint density at radius 3 is 3.00 bits per heavy atom. The Kier molecular flexibility index (Phi) is 6.55. The number of aromatic nitrogens is 1. The van der Waals surface area contributed by atoms with Crippen LogP contribution in [0.1, 0.15) is 25.5 Å². The van der Waals surface area contributed by atoms with Crippen LogP contribution in [0.15, 0.2) is 10.9 Å². The second-order valence-corrected chi connectivity index (χ2v) is 4.54. The normalized spacial score (nSPS) is 11.1. The van der Waals surface area contributed by atoms with Gasteiger partial charge in [-0.1, -0.05) is 13.3 Å². The number of unbranched alkanes of at least 4 members (excludes halogenated alkanes) is 1. The third kappa shape index (κ3) is 5.87. The van der Waals surface area contributed by atoms with Crippen molar-refractivity contribution in [1.82, 2.24) is 15.2 Å². The molecular formula is C11H21N3S. The van der Waals surface area contributed by atoms with Crippen LogP contribution in [0.4, 0.5) is 0 Å². The summed E-state index contributed by atoms with van der Waals surface area (Å²) in [6.07, 6.45) is 2.54. The lowest BCUT2D eigenvalue weighted by Crippen LogP contribution is -2.29. The summed E-state index contributed by atoms with van der Waals surface area (Å²) in [6, 6.07) is 0. The van der Waals surface area contributed by atoms with Crippen LogP contribution in [0.2, 0.25) is 0 Å². The van der Waals surface area contributed by atoms with Gasteiger partial charge >= 0.3 is 0 Å². The van der Waals surface area contributed by atoms with Gasteiger partial charge in [0.2, 0.25) is 0 Å². The maximum Gasteiger partial charge on any atom is 0.0795 e. The third-order valence-corrected chi connectivity index (χ3v) is 2.93. The first-order chi connectivity index (χ1) is 7.33. The summed E-state index contributed by atoms with van der Waals surface area (Å²) in [4.78, 5) is 6.57. The van der Waals surface area contributed by atoms with Crippen molar-refractivity contribution in [3.8, 4) is 0 Å². The van der Waals surface area contributed by atoms with Crippen molar-refractivity contribution in [2.75, 3.05) is 26.7 Å². The van der Waals surface area contributed by atoms with E-state index in [0.717, 1.165) is 26.2 Å². The summed E-state index contributed by atoms with van der Waals surface area (Å²) in [6.45, 7) is 6.47. The number of nitrogens with zero attached hydrogens (tertiary/aromatic N) is 2. The summed E-state index contributed by atoms with van der Waals surface area (Å²) >= 11 is 1.66. The van der Waals surface area contributed by atoms with Crippen LogP contribution < -0.4 is 5.32 Å². The highest BCUT2D eigenvalue weighted by atomic mass is 32.1. The molecule has 0 aliphatic rings. The first-order valence-corrected chi connectivity index (χ1v) is 6.53. The molecule has 0 radical (unpaired) electrons. The van der Waals surface area contributed by atoms with Gasteiger partial charge in [0.15, 0.2) is 0 Å². The first-order valence-electron chi connectivity index (χ1n) is 5.59. The maximum atomic E-state index is 4.27. The molecule has 0 fully saturated rings. The molecule has 0 saturated carbocycles. The van der Waals surface area contributed by atoms with E-state index in [4.69, 9.17) is 0 Å². The predicted octanol–water partition coefficient (Wildman–Crippen LogP) is 1.96. The number of thiazole rings is 1. The zero-order chi connectivity index (χ0) is 10.9. The SMILES string of the molecule is CCCCNCCN(C)Cc1cscn1. The highest BCUT2D eigenvalue weighted by Crippen LogP contribution is 2.03. The fraction of sp³-hybridized carbons (Fsp3) is 0.727. The average molecular weight is 227 g/mol. The van der Waals surface area contributed by atoms with E-state index in [1.165, 1.54) is 18.5 Å². The number of nitrogens with one attached hydrogen (secondary N) is 1. The van der Waals surface area contributed by atoms with Crippen LogP contribution in [-0.2, 0) is 6.54 Å². The fourth-order valence-corrected chi connectivity index (χ4v) is 1.92. The molecule has 1 aromatic rings. The van der Waals surface area contributed by atoms with E-state index in [1.54, 1.807) is 11.3 Å². The fourth-order valence-electron chi connectivity index (χ4n) is 1.37. The Hall–Kier alpha value is -0.450. The lowest BCUT2D eigenvalue weighted by Gasteiger charge is -2.15. The van der Waals surface area contributed by atoms with Gasteiger partial charge in [0, 0.05) is 25.0 Å². The molecule has 1 heterocycles. The molecule has 0 aromatic carbocycles. The van der Waals surface area contributed by atoms with E-state index >= 15 is 0 Å². The van der Waals surface area contributed by atoms with Crippen LogP contribution in [-0.4, -0.2) is 36.6 Å². The minimum atomic E-state index is 0.957. The van der Waals surface area contributed by atoms with Crippen LogP contribution >= 0.6 is 11.3 Å². The van der Waals surface area contributed by atoms with Gasteiger partial charge in [-0.15, -0.1) is 11.3 Å². The number of hydrogen-bond acceptors (Lipinski definition) is 4. The smallest absolute Gasteiger partial charge is 0.0795 e. The van der Waals surface area contributed by atoms with Gasteiger partial charge < -0.3 is 5.32 Å². The largest absolute Gasteiger partial charge is 0.315 e. The molecule has 0 unspecified atom stereocenters. The summed E-state index contributed by atoms with van der Waals surface area (Å²) in [7, 11) is 2.14. The monoisotopic (exact) mass is 227 g/mol. The Bertz CT molecular complexity index is 236. The van der Waals surface area contributed by atoms with Gasteiger partial charge in [-0.25, -0.2) is 4.98 Å². The zero-order valence-electron chi connectivity index (χ0n) is 9.70. The minimum Gasteiger partial charge on any atom is -0.315 e. The standard InChI is InChI=1S/C11H21N3S/c1-3-4-5-12-6-7-14(2)8-11-9-15-10-13-11/h9-10,12H,3-8H2,1-2H3. The first kappa shape index (κ1) is 12.6. The molecule has 3 nitrogen and oxygen atoms in total. The molecular weight excluding hydrogens is 206 g/mol. The van der Waals surface area contributed by atoms with E-state index in [0.29, 0.717) is 0 Å². The second-order valence-electron chi connectivity index (χ2n) is 3.82. The summed E-state index contributed by atoms with van der Waals surface area (Å²) in [5, 5.41) is 5.55. The van der Waals surface area contributed by atoms with E-state index in [1.807, 2.05) is 5.51 Å². The molecule has 1 rings (SSSR count). The summed E-state index contributed by atoms with van der Waals surface area (Å²) < 4.78 is 0. The van der Waals surface area contributed by atoms with Crippen molar-refractivity contribution in [3.63, 3.8) is 0 Å². The summed E-state index contributed by atoms with van der Waals surface area (Å²) in [5.74, 6) is 0. The third-order valence-electron chi connectivity index (χ3n) is 2.29. The minimum absolute atomic E-state index is 0.957. The topological polar surface area (TPSA) is 28.2 Å². The van der Waals surface area contributed by atoms with Gasteiger partial charge in [-0.3, -0.25) is 4.90 Å². The van der Waals surface area contributed by atoms with E-state index < -0.39 is 0 Å². The molecule has 0 spiro atoms. The van der Waals surface area contributed by atoms with Crippen molar-refractivity contribution >= 4 is 11.3 Å². The van der Waals surface area contributed by atoms with Crippen LogP contribution in [0.25, 0.3) is 0 Å². The van der Waals surface area contributed by atoms with Crippen molar-refractivity contribution in [2.24, 2.45) is 0 Å². The number of hydrogen-bond donors (Lipinski definition) is 1. The van der Waals surface area contributed by atoms with E-state index in [-0.39, 0.29) is 0 Å². The van der Waals surface area contributed by atoms with Gasteiger partial charge in [0.25, 0.3) is 0 Å². The molecule has 1 aromatic heterocycles. The highest BCUT2D eigenvalue weighted by Gasteiger charge is 2.00. The highest BCUT2D eigenvalue weighted by molar-refractivity contribution is 7.07. The molecule has 0 bridgehead atoms. The van der Waals surface area contributed by atoms with Gasteiger partial charge in [0.1, 0.15) is 0 Å². The van der Waals surface area contributed by atoms with E-state index in [2.05, 4.69) is 34.6 Å². The van der Waals surface area contributed by atoms with Crippen LogP contribution in [0.5, 0.6) is 0 Å². The Morgan fingerprint density at radius 2 is 2.33 bits per heavy atom. The molecule has 0 amide bonds. The average Bonchev–Trinajstić information content (AvgIpc) is 2.70. The zero-order valence-corrected chi connectivity index (χ0v) is 10.5. The molecule has 86 valence electrons. The van der Waals surface area contributed by atoms with Gasteiger partial charge in [0.05, 0.1) is 11.2 Å². The van der Waals surface area contributed by atoms with Crippen molar-refractivity contribution in [1.29, 1.82) is 0 Å². The summed E-state index contributed by atoms with van der Waals surface area (Å²) in [5.41, 5.74) is 3.07. The molecule has 0 aliphatic heterocycles. The lowest BCUT2D eigenvalue weighted by molar-refractivity contribution is 0.321. The molecule has 15 heavy (non-hydrogen) atoms. The Morgan fingerprint density at radius 1 is 1.47 bits per heavy atom.